The Morgan fingerprint density at radius 2 is 1.96 bits per heavy atom. The van der Waals surface area contributed by atoms with Crippen LogP contribution in [-0.2, 0) is 15.7 Å². The number of nitrogens with two attached hydrogens (primary N) is 1. The second-order valence-electron chi connectivity index (χ2n) is 6.03. The van der Waals surface area contributed by atoms with Crippen molar-refractivity contribution in [2.45, 2.75) is 31.2 Å². The lowest BCUT2D eigenvalue weighted by Gasteiger charge is -2.13. The largest absolute Gasteiger partial charge is 0.439 e. The lowest BCUT2D eigenvalue weighted by Crippen LogP contribution is -2.29. The highest BCUT2D eigenvalue weighted by Gasteiger charge is 2.32. The van der Waals surface area contributed by atoms with Gasteiger partial charge in [-0.05, 0) is 43.2 Å². The fourth-order valence-corrected chi connectivity index (χ4v) is 2.65. The maximum absolute atomic E-state index is 12.7. The van der Waals surface area contributed by atoms with Gasteiger partial charge < -0.3 is 20.5 Å². The highest BCUT2D eigenvalue weighted by atomic mass is 19.4. The van der Waals surface area contributed by atoms with Gasteiger partial charge in [0, 0.05) is 18.3 Å². The first-order valence-electron chi connectivity index (χ1n) is 8.33. The van der Waals surface area contributed by atoms with Crippen LogP contribution < -0.4 is 15.8 Å². The van der Waals surface area contributed by atoms with Gasteiger partial charge >= 0.3 is 6.18 Å². The summed E-state index contributed by atoms with van der Waals surface area (Å²) >= 11 is 0. The third-order valence-electron chi connectivity index (χ3n) is 4.02. The van der Waals surface area contributed by atoms with Crippen molar-refractivity contribution in [3.8, 4) is 11.6 Å². The first kappa shape index (κ1) is 19.1. The van der Waals surface area contributed by atoms with E-state index in [0.717, 1.165) is 12.5 Å². The average Bonchev–Trinajstić information content (AvgIpc) is 3.12. The summed E-state index contributed by atoms with van der Waals surface area (Å²) in [5, 5.41) is 2.72. The number of hydrogen-bond acceptors (Lipinski definition) is 5. The summed E-state index contributed by atoms with van der Waals surface area (Å²) < 4.78 is 48.9. The number of pyridine rings is 1. The molecule has 0 radical (unpaired) electrons. The predicted molar refractivity (Wildman–Crippen MR) is 91.3 cm³/mol. The van der Waals surface area contributed by atoms with Crippen molar-refractivity contribution in [3.05, 3.63) is 48.2 Å². The zero-order valence-corrected chi connectivity index (χ0v) is 14.2. The standard InChI is InChI=1S/C18H18F3N3O3/c19-18(20,21)15-2-1-3-16(24-15)27-12-6-4-11(5-7-12)23-17(25)14-9-8-13(10-22)26-14/h1-7,13-14H,8-10,22H2,(H,23,25)/t13-,14+/m1/s1. The molecule has 1 aliphatic heterocycles. The van der Waals surface area contributed by atoms with E-state index in [4.69, 9.17) is 15.2 Å². The summed E-state index contributed by atoms with van der Waals surface area (Å²) in [6, 6.07) is 9.62. The Kier molecular flexibility index (Phi) is 5.62. The summed E-state index contributed by atoms with van der Waals surface area (Å²) in [5.41, 5.74) is 5.01. The number of aromatic nitrogens is 1. The molecule has 3 N–H and O–H groups in total. The smallest absolute Gasteiger partial charge is 0.433 e. The van der Waals surface area contributed by atoms with E-state index < -0.39 is 18.0 Å². The zero-order valence-electron chi connectivity index (χ0n) is 14.2. The van der Waals surface area contributed by atoms with Crippen LogP contribution >= 0.6 is 0 Å². The predicted octanol–water partition coefficient (Wildman–Crippen LogP) is 3.34. The van der Waals surface area contributed by atoms with Gasteiger partial charge in [0.15, 0.2) is 0 Å². The van der Waals surface area contributed by atoms with E-state index in [1.165, 1.54) is 24.3 Å². The Morgan fingerprint density at radius 1 is 1.22 bits per heavy atom. The molecule has 1 fully saturated rings. The van der Waals surface area contributed by atoms with E-state index in [0.29, 0.717) is 24.4 Å². The van der Waals surface area contributed by atoms with Crippen molar-refractivity contribution in [1.82, 2.24) is 4.98 Å². The van der Waals surface area contributed by atoms with Gasteiger partial charge in [-0.2, -0.15) is 13.2 Å². The normalized spacial score (nSPS) is 19.7. The molecule has 1 aromatic heterocycles. The van der Waals surface area contributed by atoms with Gasteiger partial charge in [-0.15, -0.1) is 0 Å². The third kappa shape index (κ3) is 4.95. The van der Waals surface area contributed by atoms with E-state index in [2.05, 4.69) is 10.3 Å². The molecule has 1 amide bonds. The first-order chi connectivity index (χ1) is 12.8. The minimum atomic E-state index is -4.54. The van der Waals surface area contributed by atoms with Gasteiger partial charge in [-0.3, -0.25) is 4.79 Å². The number of carbonyl (C=O) groups excluding carboxylic acids is 1. The van der Waals surface area contributed by atoms with Crippen LogP contribution in [0.25, 0.3) is 0 Å². The van der Waals surface area contributed by atoms with Gasteiger partial charge in [0.2, 0.25) is 5.88 Å². The SMILES string of the molecule is NC[C@H]1CC[C@@H](C(=O)Nc2ccc(Oc3cccc(C(F)(F)F)n3)cc2)O1. The number of rotatable bonds is 5. The zero-order chi connectivity index (χ0) is 19.4. The molecule has 6 nitrogen and oxygen atoms in total. The molecular weight excluding hydrogens is 363 g/mol. The first-order valence-corrected chi connectivity index (χ1v) is 8.33. The minimum absolute atomic E-state index is 0.100. The molecule has 1 saturated heterocycles. The van der Waals surface area contributed by atoms with Crippen LogP contribution in [0.2, 0.25) is 0 Å². The molecule has 27 heavy (non-hydrogen) atoms. The summed E-state index contributed by atoms with van der Waals surface area (Å²) in [4.78, 5) is 15.6. The average molecular weight is 381 g/mol. The molecule has 1 aliphatic rings. The summed E-state index contributed by atoms with van der Waals surface area (Å²) in [6.45, 7) is 0.374. The van der Waals surface area contributed by atoms with Gasteiger partial charge in [0.1, 0.15) is 17.5 Å². The summed E-state index contributed by atoms with van der Waals surface area (Å²) in [7, 11) is 0. The van der Waals surface area contributed by atoms with E-state index in [1.807, 2.05) is 0 Å². The lowest BCUT2D eigenvalue weighted by atomic mass is 10.2. The van der Waals surface area contributed by atoms with E-state index in [9.17, 15) is 18.0 Å². The molecule has 2 atom stereocenters. The monoisotopic (exact) mass is 381 g/mol. The van der Waals surface area contributed by atoms with Gasteiger partial charge in [-0.1, -0.05) is 6.07 Å². The molecular formula is C18H18F3N3O3. The van der Waals surface area contributed by atoms with Gasteiger partial charge in [0.25, 0.3) is 5.91 Å². The van der Waals surface area contributed by atoms with Crippen molar-refractivity contribution in [2.24, 2.45) is 5.73 Å². The van der Waals surface area contributed by atoms with Crippen molar-refractivity contribution >= 4 is 11.6 Å². The number of nitrogens with zero attached hydrogens (tertiary/aromatic N) is 1. The Bertz CT molecular complexity index is 796. The Hall–Kier alpha value is -2.65. The Morgan fingerprint density at radius 3 is 2.59 bits per heavy atom. The number of hydrogen-bond donors (Lipinski definition) is 2. The van der Waals surface area contributed by atoms with E-state index in [1.54, 1.807) is 12.1 Å². The number of halogens is 3. The molecule has 0 unspecified atom stereocenters. The van der Waals surface area contributed by atoms with Crippen LogP contribution in [0.5, 0.6) is 11.6 Å². The van der Waals surface area contributed by atoms with Gasteiger partial charge in [-0.25, -0.2) is 4.98 Å². The molecule has 0 saturated carbocycles. The molecule has 2 heterocycles. The van der Waals surface area contributed by atoms with Gasteiger partial charge in [0.05, 0.1) is 6.10 Å². The van der Waals surface area contributed by atoms with Crippen LogP contribution in [-0.4, -0.2) is 29.6 Å². The molecule has 0 bridgehead atoms. The molecule has 0 spiro atoms. The maximum Gasteiger partial charge on any atom is 0.433 e. The summed E-state index contributed by atoms with van der Waals surface area (Å²) in [6.07, 6.45) is -3.83. The molecule has 0 aliphatic carbocycles. The number of anilines is 1. The minimum Gasteiger partial charge on any atom is -0.439 e. The number of nitrogens with one attached hydrogen (secondary N) is 1. The topological polar surface area (TPSA) is 86.5 Å². The van der Waals surface area contributed by atoms with Crippen molar-refractivity contribution in [1.29, 1.82) is 0 Å². The third-order valence-corrected chi connectivity index (χ3v) is 4.02. The molecule has 3 rings (SSSR count). The Labute approximate surface area is 153 Å². The van der Waals surface area contributed by atoms with Crippen molar-refractivity contribution in [3.63, 3.8) is 0 Å². The maximum atomic E-state index is 12.7. The highest BCUT2D eigenvalue weighted by molar-refractivity contribution is 5.94. The highest BCUT2D eigenvalue weighted by Crippen LogP contribution is 2.30. The summed E-state index contributed by atoms with van der Waals surface area (Å²) in [5.74, 6) is -0.145. The second-order valence-corrected chi connectivity index (χ2v) is 6.03. The molecule has 2 aromatic rings. The number of ether oxygens (including phenoxy) is 2. The fraction of sp³-hybridized carbons (Fsp3) is 0.333. The second kappa shape index (κ2) is 7.93. The van der Waals surface area contributed by atoms with Crippen molar-refractivity contribution < 1.29 is 27.4 Å². The van der Waals surface area contributed by atoms with Crippen LogP contribution in [0.15, 0.2) is 42.5 Å². The Balaban J connectivity index is 1.60. The molecule has 144 valence electrons. The number of benzene rings is 1. The lowest BCUT2D eigenvalue weighted by molar-refractivity contribution is -0.141. The van der Waals surface area contributed by atoms with Crippen LogP contribution in [0.3, 0.4) is 0 Å². The van der Waals surface area contributed by atoms with Crippen LogP contribution in [0.4, 0.5) is 18.9 Å². The van der Waals surface area contributed by atoms with Crippen molar-refractivity contribution in [2.75, 3.05) is 11.9 Å². The molecule has 1 aromatic carbocycles. The molecule has 9 heteroatoms. The van der Waals surface area contributed by atoms with Crippen LogP contribution in [0.1, 0.15) is 18.5 Å². The van der Waals surface area contributed by atoms with E-state index in [-0.39, 0.29) is 17.9 Å². The number of amides is 1. The quantitative estimate of drug-likeness (QED) is 0.830. The van der Waals surface area contributed by atoms with E-state index >= 15 is 0 Å². The number of carbonyl (C=O) groups is 1. The number of alkyl halides is 3. The van der Waals surface area contributed by atoms with Crippen LogP contribution in [0, 0.1) is 0 Å². The fourth-order valence-electron chi connectivity index (χ4n) is 2.65.